The Morgan fingerprint density at radius 3 is 2.68 bits per heavy atom. The van der Waals surface area contributed by atoms with E-state index in [-0.39, 0.29) is 18.6 Å². The van der Waals surface area contributed by atoms with E-state index in [1.165, 1.54) is 5.56 Å². The molecule has 1 unspecified atom stereocenters. The van der Waals surface area contributed by atoms with Crippen LogP contribution in [0.15, 0.2) is 30.3 Å². The quantitative estimate of drug-likeness (QED) is 0.366. The number of carbonyl (C=O) groups is 1. The summed E-state index contributed by atoms with van der Waals surface area (Å²) in [7, 11) is 0. The Labute approximate surface area is 114 Å². The van der Waals surface area contributed by atoms with Crippen molar-refractivity contribution in [2.45, 2.75) is 32.4 Å². The third kappa shape index (κ3) is 5.83. The highest BCUT2D eigenvalue weighted by molar-refractivity contribution is 5.75. The van der Waals surface area contributed by atoms with Crippen molar-refractivity contribution >= 4 is 5.91 Å². The van der Waals surface area contributed by atoms with Gasteiger partial charge in [0.2, 0.25) is 5.91 Å². The number of hydrogen-bond donors (Lipinski definition) is 3. The lowest BCUT2D eigenvalue weighted by Gasteiger charge is -2.28. The van der Waals surface area contributed by atoms with Gasteiger partial charge in [-0.25, -0.2) is 5.84 Å². The molecule has 1 rings (SSSR count). The molecule has 0 aliphatic rings. The van der Waals surface area contributed by atoms with Gasteiger partial charge in [-0.1, -0.05) is 30.3 Å². The third-order valence-corrected chi connectivity index (χ3v) is 3.19. The van der Waals surface area contributed by atoms with Crippen LogP contribution in [0.2, 0.25) is 0 Å². The largest absolute Gasteiger partial charge is 0.395 e. The number of hydrogen-bond acceptors (Lipinski definition) is 4. The lowest BCUT2D eigenvalue weighted by Crippen LogP contribution is -2.37. The fourth-order valence-corrected chi connectivity index (χ4v) is 2.00. The van der Waals surface area contributed by atoms with E-state index in [0.29, 0.717) is 13.0 Å². The lowest BCUT2D eigenvalue weighted by molar-refractivity contribution is -0.121. The SMILES string of the molecule is CC(CCC(=O)NN)N(CCO)Cc1ccccc1. The maximum absolute atomic E-state index is 11.2. The van der Waals surface area contributed by atoms with Crippen molar-refractivity contribution in [1.82, 2.24) is 10.3 Å². The molecule has 0 saturated carbocycles. The summed E-state index contributed by atoms with van der Waals surface area (Å²) < 4.78 is 0. The number of aliphatic hydroxyl groups is 1. The first-order valence-electron chi connectivity index (χ1n) is 6.55. The van der Waals surface area contributed by atoms with E-state index in [0.717, 1.165) is 13.0 Å². The molecule has 1 aromatic rings. The molecule has 1 atom stereocenters. The zero-order valence-corrected chi connectivity index (χ0v) is 11.4. The molecule has 0 fully saturated rings. The first-order chi connectivity index (χ1) is 9.17. The van der Waals surface area contributed by atoms with E-state index in [2.05, 4.69) is 29.4 Å². The number of nitrogens with zero attached hydrogens (tertiary/aromatic N) is 1. The maximum Gasteiger partial charge on any atom is 0.233 e. The molecule has 1 aromatic carbocycles. The van der Waals surface area contributed by atoms with Gasteiger partial charge in [0.25, 0.3) is 0 Å². The van der Waals surface area contributed by atoms with Gasteiger partial charge in [0, 0.05) is 25.6 Å². The molecular formula is C14H23N3O2. The molecule has 0 aromatic heterocycles. The second kappa shape index (κ2) is 8.63. The minimum Gasteiger partial charge on any atom is -0.395 e. The topological polar surface area (TPSA) is 78.6 Å². The summed E-state index contributed by atoms with van der Waals surface area (Å²) in [5.41, 5.74) is 3.33. The summed E-state index contributed by atoms with van der Waals surface area (Å²) in [5, 5.41) is 9.15. The highest BCUT2D eigenvalue weighted by Gasteiger charge is 2.14. The van der Waals surface area contributed by atoms with Crippen LogP contribution in [0.25, 0.3) is 0 Å². The fourth-order valence-electron chi connectivity index (χ4n) is 2.00. The van der Waals surface area contributed by atoms with Crippen LogP contribution in [0.5, 0.6) is 0 Å². The van der Waals surface area contributed by atoms with Crippen LogP contribution < -0.4 is 11.3 Å². The van der Waals surface area contributed by atoms with Crippen molar-refractivity contribution in [3.8, 4) is 0 Å². The van der Waals surface area contributed by atoms with E-state index in [9.17, 15) is 4.79 Å². The second-order valence-corrected chi connectivity index (χ2v) is 4.63. The Hall–Kier alpha value is -1.43. The normalized spacial score (nSPS) is 12.4. The number of nitrogens with one attached hydrogen (secondary N) is 1. The molecule has 0 bridgehead atoms. The lowest BCUT2D eigenvalue weighted by atomic mass is 10.1. The smallest absolute Gasteiger partial charge is 0.233 e. The van der Waals surface area contributed by atoms with Crippen molar-refractivity contribution in [3.63, 3.8) is 0 Å². The molecule has 0 aliphatic carbocycles. The third-order valence-electron chi connectivity index (χ3n) is 3.19. The maximum atomic E-state index is 11.2. The molecule has 0 radical (unpaired) electrons. The standard InChI is InChI=1S/C14H23N3O2/c1-12(7-8-14(19)16-15)17(9-10-18)11-13-5-3-2-4-6-13/h2-6,12,18H,7-11,15H2,1H3,(H,16,19). The van der Waals surface area contributed by atoms with Crippen LogP contribution in [0.4, 0.5) is 0 Å². The molecule has 0 spiro atoms. The monoisotopic (exact) mass is 265 g/mol. The molecule has 4 N–H and O–H groups in total. The average molecular weight is 265 g/mol. The van der Waals surface area contributed by atoms with Crippen LogP contribution >= 0.6 is 0 Å². The molecule has 106 valence electrons. The number of rotatable bonds is 8. The molecule has 19 heavy (non-hydrogen) atoms. The predicted molar refractivity (Wildman–Crippen MR) is 75.0 cm³/mol. The van der Waals surface area contributed by atoms with Crippen LogP contribution in [-0.4, -0.2) is 35.1 Å². The Kier molecular flexibility index (Phi) is 7.10. The number of hydrazine groups is 1. The van der Waals surface area contributed by atoms with Gasteiger partial charge in [-0.2, -0.15) is 0 Å². The van der Waals surface area contributed by atoms with Crippen LogP contribution in [0, 0.1) is 0 Å². The van der Waals surface area contributed by atoms with Gasteiger partial charge in [0.05, 0.1) is 6.61 Å². The van der Waals surface area contributed by atoms with E-state index in [4.69, 9.17) is 10.9 Å². The van der Waals surface area contributed by atoms with Crippen molar-refractivity contribution in [2.75, 3.05) is 13.2 Å². The Balaban J connectivity index is 2.53. The van der Waals surface area contributed by atoms with Gasteiger partial charge in [0.15, 0.2) is 0 Å². The van der Waals surface area contributed by atoms with Crippen molar-refractivity contribution in [3.05, 3.63) is 35.9 Å². The van der Waals surface area contributed by atoms with E-state index in [1.807, 2.05) is 18.2 Å². The van der Waals surface area contributed by atoms with E-state index in [1.54, 1.807) is 0 Å². The number of carbonyl (C=O) groups excluding carboxylic acids is 1. The number of nitrogens with two attached hydrogens (primary N) is 1. The number of benzene rings is 1. The highest BCUT2D eigenvalue weighted by Crippen LogP contribution is 2.11. The summed E-state index contributed by atoms with van der Waals surface area (Å²) in [4.78, 5) is 13.3. The minimum absolute atomic E-state index is 0.111. The Morgan fingerprint density at radius 2 is 2.11 bits per heavy atom. The summed E-state index contributed by atoms with van der Waals surface area (Å²) in [5.74, 6) is 4.91. The van der Waals surface area contributed by atoms with Gasteiger partial charge >= 0.3 is 0 Å². The number of amides is 1. The van der Waals surface area contributed by atoms with Crippen molar-refractivity contribution in [2.24, 2.45) is 5.84 Å². The summed E-state index contributed by atoms with van der Waals surface area (Å²) in [6, 6.07) is 10.3. The summed E-state index contributed by atoms with van der Waals surface area (Å²) >= 11 is 0. The fraction of sp³-hybridized carbons (Fsp3) is 0.500. The highest BCUT2D eigenvalue weighted by atomic mass is 16.3. The van der Waals surface area contributed by atoms with E-state index < -0.39 is 0 Å². The van der Waals surface area contributed by atoms with Crippen molar-refractivity contribution < 1.29 is 9.90 Å². The molecule has 0 heterocycles. The zero-order chi connectivity index (χ0) is 14.1. The number of aliphatic hydroxyl groups excluding tert-OH is 1. The Morgan fingerprint density at radius 1 is 1.42 bits per heavy atom. The Bertz CT molecular complexity index is 370. The first kappa shape index (κ1) is 15.6. The molecule has 1 amide bonds. The van der Waals surface area contributed by atoms with Gasteiger partial charge < -0.3 is 5.11 Å². The van der Waals surface area contributed by atoms with Gasteiger partial charge in [-0.3, -0.25) is 15.1 Å². The average Bonchev–Trinajstić information content (AvgIpc) is 2.45. The zero-order valence-electron chi connectivity index (χ0n) is 11.4. The van der Waals surface area contributed by atoms with E-state index >= 15 is 0 Å². The van der Waals surface area contributed by atoms with Gasteiger partial charge in [-0.05, 0) is 18.9 Å². The first-order valence-corrected chi connectivity index (χ1v) is 6.55. The molecule has 5 nitrogen and oxygen atoms in total. The van der Waals surface area contributed by atoms with Gasteiger partial charge in [-0.15, -0.1) is 0 Å². The van der Waals surface area contributed by atoms with Crippen LogP contribution in [-0.2, 0) is 11.3 Å². The summed E-state index contributed by atoms with van der Waals surface area (Å²) in [6.07, 6.45) is 1.12. The van der Waals surface area contributed by atoms with Gasteiger partial charge in [0.1, 0.15) is 0 Å². The summed E-state index contributed by atoms with van der Waals surface area (Å²) in [6.45, 7) is 3.54. The molecule has 0 saturated heterocycles. The molecular weight excluding hydrogens is 242 g/mol. The van der Waals surface area contributed by atoms with Crippen LogP contribution in [0.3, 0.4) is 0 Å². The second-order valence-electron chi connectivity index (χ2n) is 4.63. The predicted octanol–water partition coefficient (Wildman–Crippen LogP) is 0.640. The molecule has 5 heteroatoms. The van der Waals surface area contributed by atoms with Crippen LogP contribution in [0.1, 0.15) is 25.3 Å². The van der Waals surface area contributed by atoms with Crippen molar-refractivity contribution in [1.29, 1.82) is 0 Å². The minimum atomic E-state index is -0.157. The molecule has 0 aliphatic heterocycles.